The van der Waals surface area contributed by atoms with E-state index >= 15 is 0 Å². The molecule has 8 aromatic carbocycles. The van der Waals surface area contributed by atoms with Gasteiger partial charge in [0.1, 0.15) is 0 Å². The molecule has 0 saturated carbocycles. The van der Waals surface area contributed by atoms with Crippen molar-refractivity contribution in [3.63, 3.8) is 0 Å². The average Bonchev–Trinajstić information content (AvgIpc) is 3.94. The molecule has 2 nitrogen and oxygen atoms in total. The highest BCUT2D eigenvalue weighted by atomic mass is 15.1. The molecule has 0 radical (unpaired) electrons. The summed E-state index contributed by atoms with van der Waals surface area (Å²) in [6.07, 6.45) is 1.92. The molecule has 0 aromatic heterocycles. The Morgan fingerprint density at radius 3 is 1.23 bits per heavy atom. The number of benzene rings is 8. The molecule has 0 heterocycles. The van der Waals surface area contributed by atoms with E-state index in [1.54, 1.807) is 0 Å². The minimum atomic E-state index is -0.526. The van der Waals surface area contributed by atoms with Gasteiger partial charge in [0.2, 0.25) is 0 Å². The van der Waals surface area contributed by atoms with E-state index in [1.807, 2.05) is 0 Å². The minimum absolute atomic E-state index is 0.526. The van der Waals surface area contributed by atoms with Gasteiger partial charge in [-0.1, -0.05) is 146 Å². The molecular weight excluding hydrogens is 689 g/mol. The van der Waals surface area contributed by atoms with E-state index < -0.39 is 5.41 Å². The van der Waals surface area contributed by atoms with Crippen molar-refractivity contribution in [3.8, 4) is 33.4 Å². The van der Waals surface area contributed by atoms with Gasteiger partial charge in [-0.15, -0.1) is 0 Å². The Morgan fingerprint density at radius 1 is 0.386 bits per heavy atom. The van der Waals surface area contributed by atoms with Gasteiger partial charge < -0.3 is 9.80 Å². The fraction of sp³-hybridized carbons (Fsp3) is 0.127. The number of nitrogens with zero attached hydrogens (tertiary/aromatic N) is 2. The summed E-state index contributed by atoms with van der Waals surface area (Å²) in [5, 5.41) is 0. The third kappa shape index (κ3) is 4.96. The quantitative estimate of drug-likeness (QED) is 0.153. The second-order valence-corrected chi connectivity index (χ2v) is 15.7. The smallest absolute Gasteiger partial charge is 0.0715 e. The molecular formula is C55H44N2. The molecule has 57 heavy (non-hydrogen) atoms. The maximum Gasteiger partial charge on any atom is 0.0715 e. The van der Waals surface area contributed by atoms with E-state index in [2.05, 4.69) is 206 Å². The summed E-state index contributed by atoms with van der Waals surface area (Å²) in [5.41, 5.74) is 23.4. The van der Waals surface area contributed by atoms with Crippen molar-refractivity contribution in [1.29, 1.82) is 0 Å². The van der Waals surface area contributed by atoms with Crippen LogP contribution < -0.4 is 9.80 Å². The van der Waals surface area contributed by atoms with Crippen LogP contribution in [0.2, 0.25) is 0 Å². The van der Waals surface area contributed by atoms with Gasteiger partial charge in [0.05, 0.1) is 5.41 Å². The van der Waals surface area contributed by atoms with Gasteiger partial charge in [-0.2, -0.15) is 0 Å². The third-order valence-electron chi connectivity index (χ3n) is 13.0. The van der Waals surface area contributed by atoms with Gasteiger partial charge in [-0.3, -0.25) is 0 Å². The van der Waals surface area contributed by atoms with Crippen molar-refractivity contribution in [1.82, 2.24) is 0 Å². The van der Waals surface area contributed by atoms with E-state index in [0.717, 1.165) is 25.9 Å². The van der Waals surface area contributed by atoms with Crippen LogP contribution in [-0.2, 0) is 18.3 Å². The molecule has 0 aliphatic heterocycles. The highest BCUT2D eigenvalue weighted by Crippen LogP contribution is 2.58. The molecule has 8 aromatic rings. The topological polar surface area (TPSA) is 6.48 Å². The van der Waals surface area contributed by atoms with Crippen LogP contribution in [0.1, 0.15) is 58.4 Å². The SMILES string of the molecule is CCN(c1ccc2c(c1)C(c1ccccc1)(c1ccccc1)c1cc(N(CC)c3cccc4c3Cc3ccccc3-4)ccc1-2)c1cccc2c1Cc1ccccc1-2. The number of fused-ring (bicyclic) bond motifs is 9. The van der Waals surface area contributed by atoms with Gasteiger partial charge in [0.25, 0.3) is 0 Å². The predicted octanol–water partition coefficient (Wildman–Crippen LogP) is 13.5. The van der Waals surface area contributed by atoms with Crippen LogP contribution in [0.15, 0.2) is 182 Å². The molecule has 0 fully saturated rings. The molecule has 274 valence electrons. The lowest BCUT2D eigenvalue weighted by molar-refractivity contribution is 0.767. The van der Waals surface area contributed by atoms with Crippen LogP contribution in [0.4, 0.5) is 22.7 Å². The van der Waals surface area contributed by atoms with Crippen molar-refractivity contribution in [3.05, 3.63) is 226 Å². The maximum absolute atomic E-state index is 2.53. The van der Waals surface area contributed by atoms with Crippen molar-refractivity contribution in [2.24, 2.45) is 0 Å². The predicted molar refractivity (Wildman–Crippen MR) is 238 cm³/mol. The summed E-state index contributed by atoms with van der Waals surface area (Å²) in [7, 11) is 0. The van der Waals surface area contributed by atoms with Crippen LogP contribution in [0.25, 0.3) is 33.4 Å². The van der Waals surface area contributed by atoms with Gasteiger partial charge in [0.15, 0.2) is 0 Å². The first-order valence-electron chi connectivity index (χ1n) is 20.5. The summed E-state index contributed by atoms with van der Waals surface area (Å²) in [5.74, 6) is 0. The Kier molecular flexibility index (Phi) is 7.83. The summed E-state index contributed by atoms with van der Waals surface area (Å²) >= 11 is 0. The van der Waals surface area contributed by atoms with Crippen molar-refractivity contribution in [2.45, 2.75) is 32.1 Å². The lowest BCUT2D eigenvalue weighted by Crippen LogP contribution is -2.29. The van der Waals surface area contributed by atoms with E-state index in [-0.39, 0.29) is 0 Å². The fourth-order valence-electron chi connectivity index (χ4n) is 10.6. The largest absolute Gasteiger partial charge is 0.342 e. The van der Waals surface area contributed by atoms with Gasteiger partial charge >= 0.3 is 0 Å². The first-order valence-corrected chi connectivity index (χ1v) is 20.5. The molecule has 0 saturated heterocycles. The Balaban J connectivity index is 1.11. The lowest BCUT2D eigenvalue weighted by Gasteiger charge is -2.35. The third-order valence-corrected chi connectivity index (χ3v) is 13.0. The molecule has 0 spiro atoms. The molecule has 0 atom stereocenters. The summed E-state index contributed by atoms with van der Waals surface area (Å²) in [4.78, 5) is 5.07. The Hall–Kier alpha value is -6.64. The van der Waals surface area contributed by atoms with Gasteiger partial charge in [-0.25, -0.2) is 0 Å². The molecule has 2 heteroatoms. The Labute approximate surface area is 336 Å². The number of anilines is 4. The van der Waals surface area contributed by atoms with Gasteiger partial charge in [-0.05, 0) is 128 Å². The van der Waals surface area contributed by atoms with E-state index in [0.29, 0.717) is 0 Å². The highest BCUT2D eigenvalue weighted by molar-refractivity contribution is 5.92. The zero-order chi connectivity index (χ0) is 38.1. The van der Waals surface area contributed by atoms with Crippen molar-refractivity contribution >= 4 is 22.7 Å². The van der Waals surface area contributed by atoms with E-state index in [1.165, 1.54) is 101 Å². The normalized spacial score (nSPS) is 13.6. The monoisotopic (exact) mass is 732 g/mol. The van der Waals surface area contributed by atoms with Crippen molar-refractivity contribution < 1.29 is 0 Å². The molecule has 0 N–H and O–H groups in total. The number of hydrogen-bond acceptors (Lipinski definition) is 2. The first kappa shape index (κ1) is 33.7. The highest BCUT2D eigenvalue weighted by Gasteiger charge is 2.47. The second-order valence-electron chi connectivity index (χ2n) is 15.7. The van der Waals surface area contributed by atoms with Crippen molar-refractivity contribution in [2.75, 3.05) is 22.9 Å². The second kappa shape index (κ2) is 13.2. The number of rotatable bonds is 8. The zero-order valence-electron chi connectivity index (χ0n) is 32.5. The van der Waals surface area contributed by atoms with Crippen LogP contribution in [0.3, 0.4) is 0 Å². The van der Waals surface area contributed by atoms with Crippen LogP contribution in [-0.4, -0.2) is 13.1 Å². The van der Waals surface area contributed by atoms with Crippen LogP contribution in [0, 0.1) is 0 Å². The fourth-order valence-corrected chi connectivity index (χ4v) is 10.6. The molecule has 11 rings (SSSR count). The molecule has 3 aliphatic rings. The molecule has 3 aliphatic carbocycles. The summed E-state index contributed by atoms with van der Waals surface area (Å²) < 4.78 is 0. The Morgan fingerprint density at radius 2 is 0.789 bits per heavy atom. The van der Waals surface area contributed by atoms with Crippen LogP contribution in [0.5, 0.6) is 0 Å². The van der Waals surface area contributed by atoms with E-state index in [4.69, 9.17) is 0 Å². The minimum Gasteiger partial charge on any atom is -0.342 e. The average molecular weight is 733 g/mol. The summed E-state index contributed by atoms with van der Waals surface area (Å²) in [6.45, 7) is 6.30. The zero-order valence-corrected chi connectivity index (χ0v) is 32.5. The first-order chi connectivity index (χ1) is 28.2. The Bertz CT molecular complexity index is 2640. The maximum atomic E-state index is 2.53. The lowest BCUT2D eigenvalue weighted by atomic mass is 9.67. The summed E-state index contributed by atoms with van der Waals surface area (Å²) in [6, 6.07) is 68.5. The van der Waals surface area contributed by atoms with E-state index in [9.17, 15) is 0 Å². The standard InChI is InChI=1S/C55H44N2/c1-3-56(53-27-15-25-45-43-23-13-11-17-37(43)33-49(45)53)41-29-31-47-48-32-30-42(57(4-2)54-28-16-26-46-44-24-14-12-18-38(44)34-50(46)54)36-52(48)55(51(47)35-41,39-19-7-5-8-20-39)40-21-9-6-10-22-40/h5-32,35-36H,3-4,33-34H2,1-2H3. The number of hydrogen-bond donors (Lipinski definition) is 0. The molecule has 0 bridgehead atoms. The van der Waals surface area contributed by atoms with Gasteiger partial charge in [0, 0.05) is 48.7 Å². The molecule has 0 amide bonds. The van der Waals surface area contributed by atoms with Crippen LogP contribution >= 0.6 is 0 Å². The molecule has 0 unspecified atom stereocenters.